The summed E-state index contributed by atoms with van der Waals surface area (Å²) in [6.07, 6.45) is 3.82. The minimum absolute atomic E-state index is 0.0311. The van der Waals surface area contributed by atoms with Crippen molar-refractivity contribution in [1.82, 2.24) is 19.6 Å². The van der Waals surface area contributed by atoms with Crippen molar-refractivity contribution >= 4 is 16.9 Å². The summed E-state index contributed by atoms with van der Waals surface area (Å²) in [5, 5.41) is 5.43. The van der Waals surface area contributed by atoms with Crippen molar-refractivity contribution in [3.63, 3.8) is 0 Å². The Morgan fingerprint density at radius 1 is 1.14 bits per heavy atom. The fourth-order valence-corrected chi connectivity index (χ4v) is 5.02. The molecule has 0 bridgehead atoms. The quantitative estimate of drug-likeness (QED) is 0.339. The lowest BCUT2D eigenvalue weighted by Crippen LogP contribution is -2.36. The number of esters is 1. The van der Waals surface area contributed by atoms with E-state index in [1.165, 1.54) is 18.2 Å². The molecule has 1 fully saturated rings. The van der Waals surface area contributed by atoms with Crippen LogP contribution in [0.2, 0.25) is 0 Å². The van der Waals surface area contributed by atoms with Crippen molar-refractivity contribution in [3.05, 3.63) is 59.8 Å². The molecule has 182 valence electrons. The number of likely N-dealkylation sites (tertiary alicyclic amines) is 1. The van der Waals surface area contributed by atoms with Gasteiger partial charge in [0.15, 0.2) is 0 Å². The van der Waals surface area contributed by atoms with Gasteiger partial charge in [0.05, 0.1) is 13.0 Å². The number of hydrogen-bond donors (Lipinski definition) is 0. The van der Waals surface area contributed by atoms with E-state index in [0.29, 0.717) is 17.8 Å². The van der Waals surface area contributed by atoms with Crippen molar-refractivity contribution in [2.75, 3.05) is 20.2 Å². The summed E-state index contributed by atoms with van der Waals surface area (Å²) < 4.78 is 12.8. The second kappa shape index (κ2) is 9.66. The summed E-state index contributed by atoms with van der Waals surface area (Å²) in [6, 6.07) is 15.2. The zero-order valence-corrected chi connectivity index (χ0v) is 20.8. The number of fused-ring (bicyclic) bond motifs is 1. The van der Waals surface area contributed by atoms with Crippen LogP contribution in [0.3, 0.4) is 0 Å². The van der Waals surface area contributed by atoms with Crippen LogP contribution in [0.1, 0.15) is 43.9 Å². The Morgan fingerprint density at radius 2 is 1.94 bits per heavy atom. The monoisotopic (exact) mass is 472 g/mol. The maximum atomic E-state index is 11.8. The highest BCUT2D eigenvalue weighted by Crippen LogP contribution is 2.29. The van der Waals surface area contributed by atoms with Crippen molar-refractivity contribution < 1.29 is 14.1 Å². The molecular weight excluding hydrogens is 440 g/mol. The van der Waals surface area contributed by atoms with Crippen molar-refractivity contribution in [3.8, 4) is 22.8 Å². The van der Waals surface area contributed by atoms with Crippen LogP contribution in [0.15, 0.2) is 53.2 Å². The van der Waals surface area contributed by atoms with Crippen LogP contribution in [-0.4, -0.2) is 45.8 Å². The van der Waals surface area contributed by atoms with Crippen LogP contribution in [0.5, 0.6) is 0 Å². The van der Waals surface area contributed by atoms with E-state index in [-0.39, 0.29) is 11.9 Å². The van der Waals surface area contributed by atoms with Gasteiger partial charge in [0, 0.05) is 40.8 Å². The SMILES string of the molecule is COC(=O)C1CCN(Cc2ccc(-c3noc(-c4ccc5c(ccn5C(C)C)c4)n3)c(C)c2)CC1. The summed E-state index contributed by atoms with van der Waals surface area (Å²) in [6.45, 7) is 9.11. The number of methoxy groups -OCH3 is 1. The van der Waals surface area contributed by atoms with Crippen LogP contribution >= 0.6 is 0 Å². The number of rotatable bonds is 6. The van der Waals surface area contributed by atoms with E-state index in [0.717, 1.165) is 54.6 Å². The minimum atomic E-state index is -0.0850. The van der Waals surface area contributed by atoms with Gasteiger partial charge in [-0.05, 0) is 82.1 Å². The third-order valence-electron chi connectivity index (χ3n) is 7.01. The number of benzene rings is 2. The van der Waals surface area contributed by atoms with E-state index in [1.54, 1.807) is 0 Å². The molecule has 0 unspecified atom stereocenters. The molecule has 3 heterocycles. The Morgan fingerprint density at radius 3 is 2.66 bits per heavy atom. The predicted molar refractivity (Wildman–Crippen MR) is 136 cm³/mol. The molecule has 0 spiro atoms. The van der Waals surface area contributed by atoms with E-state index >= 15 is 0 Å². The molecule has 0 atom stereocenters. The van der Waals surface area contributed by atoms with Gasteiger partial charge in [0.25, 0.3) is 5.89 Å². The van der Waals surface area contributed by atoms with E-state index < -0.39 is 0 Å². The fraction of sp³-hybridized carbons (Fsp3) is 0.393. The second-order valence-electron chi connectivity index (χ2n) is 9.74. The van der Waals surface area contributed by atoms with Gasteiger partial charge in [-0.3, -0.25) is 9.69 Å². The second-order valence-corrected chi connectivity index (χ2v) is 9.74. The summed E-state index contributed by atoms with van der Waals surface area (Å²) in [7, 11) is 1.47. The number of nitrogens with zero attached hydrogens (tertiary/aromatic N) is 4. The highest BCUT2D eigenvalue weighted by molar-refractivity contribution is 5.84. The molecule has 1 aliphatic rings. The number of carbonyl (C=O) groups is 1. The summed E-state index contributed by atoms with van der Waals surface area (Å²) in [5.74, 6) is 1.07. The normalized spacial score (nSPS) is 15.2. The van der Waals surface area contributed by atoms with Gasteiger partial charge in [-0.25, -0.2) is 0 Å². The van der Waals surface area contributed by atoms with Crippen LogP contribution < -0.4 is 0 Å². The van der Waals surface area contributed by atoms with Gasteiger partial charge in [-0.2, -0.15) is 4.98 Å². The Bertz CT molecular complexity index is 1350. The fourth-order valence-electron chi connectivity index (χ4n) is 5.02. The maximum Gasteiger partial charge on any atom is 0.308 e. The topological polar surface area (TPSA) is 73.4 Å². The highest BCUT2D eigenvalue weighted by Gasteiger charge is 2.25. The van der Waals surface area contributed by atoms with E-state index in [1.807, 2.05) is 6.07 Å². The van der Waals surface area contributed by atoms with Gasteiger partial charge in [-0.15, -0.1) is 0 Å². The molecule has 7 heteroatoms. The van der Waals surface area contributed by atoms with Crippen LogP contribution in [0.4, 0.5) is 0 Å². The average Bonchev–Trinajstić information content (AvgIpc) is 3.51. The molecule has 1 aliphatic heterocycles. The minimum Gasteiger partial charge on any atom is -0.469 e. The predicted octanol–water partition coefficient (Wildman–Crippen LogP) is 5.63. The maximum absolute atomic E-state index is 11.8. The molecule has 0 saturated carbocycles. The largest absolute Gasteiger partial charge is 0.469 e. The first kappa shape index (κ1) is 23.3. The molecule has 1 saturated heterocycles. The lowest BCUT2D eigenvalue weighted by atomic mass is 9.96. The third-order valence-corrected chi connectivity index (χ3v) is 7.01. The molecule has 7 nitrogen and oxygen atoms in total. The molecule has 4 aromatic rings. The van der Waals surface area contributed by atoms with Gasteiger partial charge in [0.2, 0.25) is 5.82 Å². The average molecular weight is 473 g/mol. The number of ether oxygens (including phenoxy) is 1. The number of aromatic nitrogens is 3. The number of carbonyl (C=O) groups excluding carboxylic acids is 1. The molecule has 2 aromatic heterocycles. The molecule has 0 radical (unpaired) electrons. The van der Waals surface area contributed by atoms with E-state index in [2.05, 4.69) is 78.0 Å². The van der Waals surface area contributed by atoms with Gasteiger partial charge < -0.3 is 13.8 Å². The first-order valence-electron chi connectivity index (χ1n) is 12.3. The molecule has 0 amide bonds. The summed E-state index contributed by atoms with van der Waals surface area (Å²) >= 11 is 0. The molecule has 35 heavy (non-hydrogen) atoms. The summed E-state index contributed by atoms with van der Waals surface area (Å²) in [5.41, 5.74) is 5.45. The van der Waals surface area contributed by atoms with Crippen molar-refractivity contribution in [2.24, 2.45) is 5.92 Å². The van der Waals surface area contributed by atoms with Gasteiger partial charge in [0.1, 0.15) is 0 Å². The zero-order chi connectivity index (χ0) is 24.5. The smallest absolute Gasteiger partial charge is 0.308 e. The Kier molecular flexibility index (Phi) is 6.43. The van der Waals surface area contributed by atoms with Crippen molar-refractivity contribution in [1.29, 1.82) is 0 Å². The molecular formula is C28H32N4O3. The van der Waals surface area contributed by atoms with Crippen LogP contribution in [-0.2, 0) is 16.1 Å². The standard InChI is InChI=1S/C28H32N4O3/c1-18(2)32-14-11-22-16-23(6-8-25(22)32)27-29-26(30-35-27)24-7-5-20(15-19(24)3)17-31-12-9-21(10-13-31)28(33)34-4/h5-8,11,14-16,18,21H,9-10,12-13,17H2,1-4H3. The number of hydrogen-bond acceptors (Lipinski definition) is 6. The number of piperidine rings is 1. The first-order chi connectivity index (χ1) is 16.9. The molecule has 0 aliphatic carbocycles. The summed E-state index contributed by atoms with van der Waals surface area (Å²) in [4.78, 5) is 18.9. The Balaban J connectivity index is 1.29. The van der Waals surface area contributed by atoms with Crippen LogP contribution in [0, 0.1) is 12.8 Å². The highest BCUT2D eigenvalue weighted by atomic mass is 16.5. The lowest BCUT2D eigenvalue weighted by Gasteiger charge is -2.30. The Hall–Kier alpha value is -3.45. The first-order valence-corrected chi connectivity index (χ1v) is 12.3. The third kappa shape index (κ3) is 4.73. The number of aryl methyl sites for hydroxylation is 1. The molecule has 2 aromatic carbocycles. The zero-order valence-electron chi connectivity index (χ0n) is 20.8. The molecule has 0 N–H and O–H groups in total. The van der Waals surface area contributed by atoms with E-state index in [9.17, 15) is 4.79 Å². The molecule has 5 rings (SSSR count). The van der Waals surface area contributed by atoms with E-state index in [4.69, 9.17) is 14.2 Å². The Labute approximate surface area is 205 Å². The van der Waals surface area contributed by atoms with Crippen molar-refractivity contribution in [2.45, 2.75) is 46.2 Å². The van der Waals surface area contributed by atoms with Gasteiger partial charge in [-0.1, -0.05) is 23.4 Å². The lowest BCUT2D eigenvalue weighted by molar-refractivity contribution is -0.147. The van der Waals surface area contributed by atoms with Gasteiger partial charge >= 0.3 is 5.97 Å². The van der Waals surface area contributed by atoms with Crippen LogP contribution in [0.25, 0.3) is 33.7 Å².